The minimum atomic E-state index is -0.0536. The third-order valence-electron chi connectivity index (χ3n) is 4.74. The van der Waals surface area contributed by atoms with Crippen LogP contribution in [0, 0.1) is 0 Å². The number of methoxy groups -OCH3 is 1. The molecule has 0 atom stereocenters. The van der Waals surface area contributed by atoms with Crippen molar-refractivity contribution < 1.29 is 18.7 Å². The van der Waals surface area contributed by atoms with E-state index in [1.165, 1.54) is 0 Å². The Labute approximate surface area is 191 Å². The highest BCUT2D eigenvalue weighted by Crippen LogP contribution is 2.23. The van der Waals surface area contributed by atoms with E-state index in [1.807, 2.05) is 60.7 Å². The van der Waals surface area contributed by atoms with Gasteiger partial charge >= 0.3 is 0 Å². The maximum absolute atomic E-state index is 12.4. The van der Waals surface area contributed by atoms with E-state index >= 15 is 0 Å². The smallest absolute Gasteiger partial charge is 0.256 e. The topological polar surface area (TPSA) is 61.6 Å². The number of ketones is 1. The Kier molecular flexibility index (Phi) is 7.25. The highest BCUT2D eigenvalue weighted by Gasteiger charge is 2.06. The van der Waals surface area contributed by atoms with E-state index in [9.17, 15) is 4.79 Å². The minimum absolute atomic E-state index is 0.0536. The van der Waals surface area contributed by atoms with Crippen LogP contribution in [0.2, 0.25) is 0 Å². The molecule has 1 aromatic heterocycles. The van der Waals surface area contributed by atoms with Crippen LogP contribution >= 0.6 is 11.8 Å². The van der Waals surface area contributed by atoms with Gasteiger partial charge in [0.05, 0.1) is 13.7 Å². The van der Waals surface area contributed by atoms with E-state index in [1.54, 1.807) is 43.2 Å². The Morgan fingerprint density at radius 2 is 1.75 bits per heavy atom. The zero-order valence-corrected chi connectivity index (χ0v) is 18.5. The Balaban J connectivity index is 1.20. The van der Waals surface area contributed by atoms with Gasteiger partial charge in [-0.25, -0.2) is 4.98 Å². The van der Waals surface area contributed by atoms with Crippen molar-refractivity contribution in [3.8, 4) is 11.5 Å². The van der Waals surface area contributed by atoms with Gasteiger partial charge in [-0.2, -0.15) is 0 Å². The van der Waals surface area contributed by atoms with Gasteiger partial charge in [-0.1, -0.05) is 42.1 Å². The maximum atomic E-state index is 12.4. The van der Waals surface area contributed by atoms with Gasteiger partial charge in [-0.15, -0.1) is 0 Å². The zero-order valence-electron chi connectivity index (χ0n) is 17.7. The van der Waals surface area contributed by atoms with Crippen LogP contribution in [-0.2, 0) is 0 Å². The van der Waals surface area contributed by atoms with Crippen LogP contribution in [0.1, 0.15) is 22.3 Å². The number of hydrogen-bond donors (Lipinski definition) is 0. The van der Waals surface area contributed by atoms with E-state index in [0.29, 0.717) is 17.4 Å². The highest BCUT2D eigenvalue weighted by molar-refractivity contribution is 7.99. The molecule has 0 fully saturated rings. The lowest BCUT2D eigenvalue weighted by molar-refractivity contribution is 0.104. The Hall–Kier alpha value is -3.51. The molecule has 0 saturated heterocycles. The van der Waals surface area contributed by atoms with Gasteiger partial charge < -0.3 is 13.9 Å². The second-order valence-electron chi connectivity index (χ2n) is 6.99. The van der Waals surface area contributed by atoms with Crippen molar-refractivity contribution in [3.05, 3.63) is 90.0 Å². The number of oxazole rings is 1. The fourth-order valence-electron chi connectivity index (χ4n) is 3.02. The van der Waals surface area contributed by atoms with Crippen molar-refractivity contribution in [2.75, 3.05) is 19.5 Å². The molecule has 0 N–H and O–H groups in total. The van der Waals surface area contributed by atoms with Crippen LogP contribution in [0.4, 0.5) is 0 Å². The van der Waals surface area contributed by atoms with Gasteiger partial charge in [0.25, 0.3) is 5.22 Å². The third kappa shape index (κ3) is 5.80. The van der Waals surface area contributed by atoms with Gasteiger partial charge in [0, 0.05) is 11.3 Å². The minimum Gasteiger partial charge on any atom is -0.497 e. The van der Waals surface area contributed by atoms with Gasteiger partial charge in [0.1, 0.15) is 17.0 Å². The SMILES string of the molecule is COc1ccc(C=CC(=O)c2ccc(OCCCSc3nc4ccccc4o3)cc2)cc1. The van der Waals surface area contributed by atoms with Gasteiger partial charge in [0.15, 0.2) is 11.4 Å². The van der Waals surface area contributed by atoms with E-state index in [4.69, 9.17) is 13.9 Å². The monoisotopic (exact) mass is 445 g/mol. The molecule has 5 nitrogen and oxygen atoms in total. The summed E-state index contributed by atoms with van der Waals surface area (Å²) in [6.45, 7) is 0.581. The summed E-state index contributed by atoms with van der Waals surface area (Å²) in [4.78, 5) is 16.8. The zero-order chi connectivity index (χ0) is 22.2. The molecular formula is C26H23NO4S. The van der Waals surface area contributed by atoms with Crippen molar-refractivity contribution in [1.82, 2.24) is 4.98 Å². The fraction of sp³-hybridized carbons (Fsp3) is 0.154. The number of nitrogens with zero attached hydrogens (tertiary/aromatic N) is 1. The Bertz CT molecular complexity index is 1160. The number of hydrogen-bond acceptors (Lipinski definition) is 6. The highest BCUT2D eigenvalue weighted by atomic mass is 32.2. The van der Waals surface area contributed by atoms with Crippen molar-refractivity contribution in [1.29, 1.82) is 0 Å². The molecular weight excluding hydrogens is 422 g/mol. The predicted molar refractivity (Wildman–Crippen MR) is 128 cm³/mol. The molecule has 162 valence electrons. The standard InChI is InChI=1S/C26H23NO4S/c1-29-21-12-7-19(8-13-21)9-16-24(28)20-10-14-22(15-11-20)30-17-4-18-32-26-27-23-5-2-3-6-25(23)31-26/h2-3,5-16H,4,17-18H2,1H3. The molecule has 0 spiro atoms. The van der Waals surface area contributed by atoms with Crippen molar-refractivity contribution in [2.45, 2.75) is 11.6 Å². The first kappa shape index (κ1) is 21.7. The van der Waals surface area contributed by atoms with Crippen LogP contribution in [0.5, 0.6) is 11.5 Å². The summed E-state index contributed by atoms with van der Waals surface area (Å²) in [6, 6.07) is 22.5. The average Bonchev–Trinajstić information content (AvgIpc) is 3.26. The molecule has 4 rings (SSSR count). The molecule has 0 radical (unpaired) electrons. The molecule has 1 heterocycles. The quantitative estimate of drug-likeness (QED) is 0.124. The fourth-order valence-corrected chi connectivity index (χ4v) is 3.77. The van der Waals surface area contributed by atoms with Crippen LogP contribution in [-0.4, -0.2) is 30.2 Å². The number of aromatic nitrogens is 1. The summed E-state index contributed by atoms with van der Waals surface area (Å²) in [5.74, 6) is 2.32. The van der Waals surface area contributed by atoms with E-state index < -0.39 is 0 Å². The Morgan fingerprint density at radius 1 is 1.00 bits per heavy atom. The third-order valence-corrected chi connectivity index (χ3v) is 5.65. The van der Waals surface area contributed by atoms with E-state index in [2.05, 4.69) is 4.98 Å². The number of para-hydroxylation sites is 2. The summed E-state index contributed by atoms with van der Waals surface area (Å²) >= 11 is 1.58. The van der Waals surface area contributed by atoms with Gasteiger partial charge in [-0.3, -0.25) is 4.79 Å². The maximum Gasteiger partial charge on any atom is 0.256 e. The molecule has 0 aliphatic carbocycles. The first-order valence-electron chi connectivity index (χ1n) is 10.3. The van der Waals surface area contributed by atoms with E-state index in [0.717, 1.165) is 40.3 Å². The molecule has 0 bridgehead atoms. The molecule has 0 unspecified atom stereocenters. The predicted octanol–water partition coefficient (Wildman–Crippen LogP) is 6.29. The molecule has 0 amide bonds. The van der Waals surface area contributed by atoms with Gasteiger partial charge in [0.2, 0.25) is 0 Å². The summed E-state index contributed by atoms with van der Waals surface area (Å²) in [5.41, 5.74) is 3.24. The summed E-state index contributed by atoms with van der Waals surface area (Å²) in [6.07, 6.45) is 4.22. The van der Waals surface area contributed by atoms with Crippen molar-refractivity contribution >= 4 is 34.7 Å². The number of carbonyl (C=O) groups is 1. The first-order valence-corrected chi connectivity index (χ1v) is 11.3. The van der Waals surface area contributed by atoms with Gasteiger partial charge in [-0.05, 0) is 66.6 Å². The number of ether oxygens (including phenoxy) is 2. The number of allylic oxidation sites excluding steroid dienone is 1. The summed E-state index contributed by atoms with van der Waals surface area (Å²) in [7, 11) is 1.63. The Morgan fingerprint density at radius 3 is 2.50 bits per heavy atom. The second kappa shape index (κ2) is 10.7. The lowest BCUT2D eigenvalue weighted by atomic mass is 10.1. The normalized spacial score (nSPS) is 11.2. The summed E-state index contributed by atoms with van der Waals surface area (Å²) < 4.78 is 16.6. The molecule has 3 aromatic carbocycles. The lowest BCUT2D eigenvalue weighted by Crippen LogP contribution is -2.00. The molecule has 0 aliphatic rings. The number of rotatable bonds is 10. The van der Waals surface area contributed by atoms with Crippen LogP contribution < -0.4 is 9.47 Å². The van der Waals surface area contributed by atoms with Crippen molar-refractivity contribution in [3.63, 3.8) is 0 Å². The van der Waals surface area contributed by atoms with Crippen LogP contribution in [0.3, 0.4) is 0 Å². The molecule has 4 aromatic rings. The van der Waals surface area contributed by atoms with Crippen molar-refractivity contribution in [2.24, 2.45) is 0 Å². The number of carbonyl (C=O) groups excluding carboxylic acids is 1. The molecule has 0 aliphatic heterocycles. The lowest BCUT2D eigenvalue weighted by Gasteiger charge is -2.06. The number of benzene rings is 3. The average molecular weight is 446 g/mol. The molecule has 32 heavy (non-hydrogen) atoms. The van der Waals surface area contributed by atoms with Crippen LogP contribution in [0.25, 0.3) is 17.2 Å². The molecule has 0 saturated carbocycles. The molecule has 6 heteroatoms. The summed E-state index contributed by atoms with van der Waals surface area (Å²) in [5, 5.41) is 0.678. The van der Waals surface area contributed by atoms with Crippen LogP contribution in [0.15, 0.2) is 88.5 Å². The van der Waals surface area contributed by atoms with E-state index in [-0.39, 0.29) is 5.78 Å². The largest absolute Gasteiger partial charge is 0.497 e. The number of fused-ring (bicyclic) bond motifs is 1. The number of thioether (sulfide) groups is 1. The second-order valence-corrected chi connectivity index (χ2v) is 8.04. The first-order chi connectivity index (χ1) is 15.7.